The van der Waals surface area contributed by atoms with Crippen LogP contribution in [-0.4, -0.2) is 53.9 Å². The van der Waals surface area contributed by atoms with Crippen molar-refractivity contribution in [1.82, 2.24) is 9.62 Å². The van der Waals surface area contributed by atoms with Crippen LogP contribution in [0.1, 0.15) is 5.56 Å². The minimum atomic E-state index is -3.77. The van der Waals surface area contributed by atoms with Gasteiger partial charge in [-0.1, -0.05) is 23.7 Å². The molecule has 8 nitrogen and oxygen atoms in total. The van der Waals surface area contributed by atoms with Gasteiger partial charge in [-0.2, -0.15) is 0 Å². The molecule has 0 saturated heterocycles. The zero-order valence-electron chi connectivity index (χ0n) is 16.2. The maximum Gasteiger partial charge on any atom is 0.242 e. The first-order valence-corrected chi connectivity index (χ1v) is 12.1. The van der Waals surface area contributed by atoms with Crippen LogP contribution in [0.3, 0.4) is 0 Å². The Bertz CT molecular complexity index is 1070. The molecule has 0 radical (unpaired) electrons. The van der Waals surface area contributed by atoms with Crippen molar-refractivity contribution < 1.29 is 21.6 Å². The Morgan fingerprint density at radius 1 is 0.966 bits per heavy atom. The molecule has 1 N–H and O–H groups in total. The van der Waals surface area contributed by atoms with E-state index in [1.54, 1.807) is 24.3 Å². The number of amides is 1. The molecular formula is C18H22ClN3O5S2. The van der Waals surface area contributed by atoms with Crippen molar-refractivity contribution in [3.05, 3.63) is 59.1 Å². The summed E-state index contributed by atoms with van der Waals surface area (Å²) >= 11 is 5.82. The first kappa shape index (κ1) is 23.1. The second kappa shape index (κ2) is 9.12. The van der Waals surface area contributed by atoms with Crippen molar-refractivity contribution >= 4 is 43.2 Å². The van der Waals surface area contributed by atoms with Gasteiger partial charge in [-0.25, -0.2) is 21.1 Å². The van der Waals surface area contributed by atoms with E-state index >= 15 is 0 Å². The van der Waals surface area contributed by atoms with Crippen LogP contribution >= 0.6 is 11.6 Å². The average molecular weight is 460 g/mol. The standard InChI is InChI=1S/C18H22ClN3O5S2/c1-21(2)29(26,27)17-10-8-16(9-11-17)22(28(3,24)25)13-18(23)20-12-14-4-6-15(19)7-5-14/h4-11H,12-13H2,1-3H3,(H,20,23). The molecule has 0 heterocycles. The monoisotopic (exact) mass is 459 g/mol. The number of hydrogen-bond donors (Lipinski definition) is 1. The van der Waals surface area contributed by atoms with Gasteiger partial charge in [0.25, 0.3) is 0 Å². The van der Waals surface area contributed by atoms with E-state index in [0.717, 1.165) is 20.4 Å². The fourth-order valence-corrected chi connectivity index (χ4v) is 4.27. The van der Waals surface area contributed by atoms with Crippen molar-refractivity contribution in [2.24, 2.45) is 0 Å². The lowest BCUT2D eigenvalue weighted by molar-refractivity contribution is -0.119. The number of nitrogens with zero attached hydrogens (tertiary/aromatic N) is 2. The highest BCUT2D eigenvalue weighted by Crippen LogP contribution is 2.21. The lowest BCUT2D eigenvalue weighted by Crippen LogP contribution is -2.40. The van der Waals surface area contributed by atoms with E-state index in [9.17, 15) is 21.6 Å². The van der Waals surface area contributed by atoms with E-state index in [-0.39, 0.29) is 17.1 Å². The Hall–Kier alpha value is -2.14. The first-order chi connectivity index (χ1) is 13.4. The van der Waals surface area contributed by atoms with Crippen molar-refractivity contribution in [2.75, 3.05) is 31.2 Å². The SMILES string of the molecule is CN(C)S(=O)(=O)c1ccc(N(CC(=O)NCc2ccc(Cl)cc2)S(C)(=O)=O)cc1. The van der Waals surface area contributed by atoms with E-state index in [2.05, 4.69) is 5.32 Å². The Morgan fingerprint density at radius 3 is 2.00 bits per heavy atom. The summed E-state index contributed by atoms with van der Waals surface area (Å²) in [5.41, 5.74) is 0.999. The second-order valence-corrected chi connectivity index (χ2v) is 10.9. The average Bonchev–Trinajstić information content (AvgIpc) is 2.64. The molecule has 158 valence electrons. The van der Waals surface area contributed by atoms with Crippen LogP contribution in [0.15, 0.2) is 53.4 Å². The van der Waals surface area contributed by atoms with Gasteiger partial charge in [0.05, 0.1) is 16.8 Å². The molecule has 0 unspecified atom stereocenters. The third-order valence-corrected chi connectivity index (χ3v) is 7.22. The summed E-state index contributed by atoms with van der Waals surface area (Å²) in [5.74, 6) is -0.504. The van der Waals surface area contributed by atoms with Gasteiger partial charge >= 0.3 is 0 Å². The van der Waals surface area contributed by atoms with Crippen LogP contribution in [0.4, 0.5) is 5.69 Å². The highest BCUT2D eigenvalue weighted by atomic mass is 35.5. The highest BCUT2D eigenvalue weighted by Gasteiger charge is 2.22. The Balaban J connectivity index is 2.15. The predicted molar refractivity (Wildman–Crippen MR) is 113 cm³/mol. The molecule has 0 aliphatic carbocycles. The minimum absolute atomic E-state index is 0.0203. The molecule has 1 amide bonds. The Kier molecular flexibility index (Phi) is 7.28. The molecular weight excluding hydrogens is 438 g/mol. The molecule has 0 aromatic heterocycles. The predicted octanol–water partition coefficient (Wildman–Crippen LogP) is 1.67. The topological polar surface area (TPSA) is 104 Å². The number of carbonyl (C=O) groups excluding carboxylic acids is 1. The molecule has 0 spiro atoms. The summed E-state index contributed by atoms with van der Waals surface area (Å²) in [6, 6.07) is 12.2. The fourth-order valence-electron chi connectivity index (χ4n) is 2.38. The smallest absolute Gasteiger partial charge is 0.242 e. The number of nitrogens with one attached hydrogen (secondary N) is 1. The lowest BCUT2D eigenvalue weighted by atomic mass is 10.2. The normalized spacial score (nSPS) is 12.0. The van der Waals surface area contributed by atoms with Crippen LogP contribution in [0, 0.1) is 0 Å². The van der Waals surface area contributed by atoms with E-state index in [0.29, 0.717) is 5.02 Å². The summed E-state index contributed by atoms with van der Waals surface area (Å²) in [6.45, 7) is -0.222. The van der Waals surface area contributed by atoms with E-state index < -0.39 is 32.5 Å². The molecule has 0 bridgehead atoms. The number of carbonyl (C=O) groups is 1. The number of benzene rings is 2. The van der Waals surface area contributed by atoms with Crippen LogP contribution in [0.5, 0.6) is 0 Å². The third-order valence-electron chi connectivity index (χ3n) is 3.99. The zero-order chi connectivity index (χ0) is 21.8. The summed E-state index contributed by atoms with van der Waals surface area (Å²) in [5, 5.41) is 3.22. The number of rotatable bonds is 8. The van der Waals surface area contributed by atoms with Crippen LogP contribution in [0.25, 0.3) is 0 Å². The van der Waals surface area contributed by atoms with Gasteiger partial charge < -0.3 is 5.32 Å². The number of anilines is 1. The van der Waals surface area contributed by atoms with Gasteiger partial charge in [-0.15, -0.1) is 0 Å². The number of hydrogen-bond acceptors (Lipinski definition) is 5. The lowest BCUT2D eigenvalue weighted by Gasteiger charge is -2.22. The maximum absolute atomic E-state index is 12.3. The maximum atomic E-state index is 12.3. The van der Waals surface area contributed by atoms with Gasteiger partial charge in [0.15, 0.2) is 0 Å². The van der Waals surface area contributed by atoms with E-state index in [1.807, 2.05) is 0 Å². The van der Waals surface area contributed by atoms with Gasteiger partial charge in [0.1, 0.15) is 6.54 Å². The second-order valence-electron chi connectivity index (χ2n) is 6.45. The summed E-state index contributed by atoms with van der Waals surface area (Å²) in [6.07, 6.45) is 0.976. The highest BCUT2D eigenvalue weighted by molar-refractivity contribution is 7.92. The van der Waals surface area contributed by atoms with Crippen molar-refractivity contribution in [3.8, 4) is 0 Å². The van der Waals surface area contributed by atoms with Gasteiger partial charge in [0.2, 0.25) is 26.0 Å². The molecule has 2 aromatic rings. The molecule has 29 heavy (non-hydrogen) atoms. The quantitative estimate of drug-likeness (QED) is 0.646. The fraction of sp³-hybridized carbons (Fsp3) is 0.278. The van der Waals surface area contributed by atoms with Crippen LogP contribution in [-0.2, 0) is 31.4 Å². The van der Waals surface area contributed by atoms with Crippen molar-refractivity contribution in [1.29, 1.82) is 0 Å². The molecule has 2 aromatic carbocycles. The van der Waals surface area contributed by atoms with E-state index in [4.69, 9.17) is 11.6 Å². The molecule has 2 rings (SSSR count). The Labute approximate surface area is 176 Å². The molecule has 0 saturated carbocycles. The number of halogens is 1. The molecule has 11 heteroatoms. The minimum Gasteiger partial charge on any atom is -0.350 e. The van der Waals surface area contributed by atoms with Crippen molar-refractivity contribution in [3.63, 3.8) is 0 Å². The molecule has 0 aliphatic rings. The molecule has 0 fully saturated rings. The third kappa shape index (κ3) is 6.17. The first-order valence-electron chi connectivity index (χ1n) is 8.42. The van der Waals surface area contributed by atoms with Crippen LogP contribution in [0.2, 0.25) is 5.02 Å². The molecule has 0 aliphatic heterocycles. The van der Waals surface area contributed by atoms with Crippen molar-refractivity contribution in [2.45, 2.75) is 11.4 Å². The summed E-state index contributed by atoms with van der Waals surface area (Å²) in [7, 11) is -4.61. The molecule has 0 atom stereocenters. The summed E-state index contributed by atoms with van der Waals surface area (Å²) in [4.78, 5) is 12.3. The van der Waals surface area contributed by atoms with E-state index in [1.165, 1.54) is 38.4 Å². The van der Waals surface area contributed by atoms with Gasteiger partial charge in [0, 0.05) is 25.7 Å². The largest absolute Gasteiger partial charge is 0.350 e. The number of sulfonamides is 2. The van der Waals surface area contributed by atoms with Crippen LogP contribution < -0.4 is 9.62 Å². The van der Waals surface area contributed by atoms with Gasteiger partial charge in [-0.05, 0) is 42.0 Å². The summed E-state index contributed by atoms with van der Waals surface area (Å²) < 4.78 is 50.6. The van der Waals surface area contributed by atoms with Gasteiger partial charge in [-0.3, -0.25) is 9.10 Å². The zero-order valence-corrected chi connectivity index (χ0v) is 18.6. The Morgan fingerprint density at radius 2 is 1.52 bits per heavy atom.